The molecule has 0 saturated carbocycles. The molecule has 0 radical (unpaired) electrons. The zero-order chi connectivity index (χ0) is 11.4. The molecule has 0 aromatic heterocycles. The normalized spacial score (nSPS) is 10.5. The van der Waals surface area contributed by atoms with E-state index in [0.29, 0.717) is 5.56 Å². The Bertz CT molecular complexity index is 368. The first-order valence-corrected chi connectivity index (χ1v) is 6.00. The number of aryl methyl sites for hydroxylation is 1. The van der Waals surface area contributed by atoms with E-state index in [2.05, 4.69) is 21.2 Å². The molecule has 1 N–H and O–H groups in total. The van der Waals surface area contributed by atoms with Crippen molar-refractivity contribution in [1.82, 2.24) is 5.32 Å². The maximum Gasteiger partial charge on any atom is 0.251 e. The van der Waals surface area contributed by atoms with Gasteiger partial charge in [-0.25, -0.2) is 0 Å². The molecule has 0 atom stereocenters. The minimum Gasteiger partial charge on any atom is -0.349 e. The summed E-state index contributed by atoms with van der Waals surface area (Å²) in [7, 11) is 0. The van der Waals surface area contributed by atoms with E-state index in [9.17, 15) is 4.79 Å². The minimum atomic E-state index is -0.582. The first-order chi connectivity index (χ1) is 7.00. The van der Waals surface area contributed by atoms with Gasteiger partial charge in [0, 0.05) is 16.6 Å². The van der Waals surface area contributed by atoms with E-state index in [1.807, 2.05) is 19.1 Å². The second-order valence-corrected chi connectivity index (χ2v) is 5.25. The number of alkyl halides is 2. The molecule has 1 rings (SSSR count). The predicted molar refractivity (Wildman–Crippen MR) is 66.7 cm³/mol. The lowest BCUT2D eigenvalue weighted by Crippen LogP contribution is -2.28. The van der Waals surface area contributed by atoms with Crippen LogP contribution in [0.2, 0.25) is 0 Å². The smallest absolute Gasteiger partial charge is 0.251 e. The van der Waals surface area contributed by atoms with Gasteiger partial charge in [0.05, 0.1) is 0 Å². The number of nitrogens with one attached hydrogen (secondary N) is 1. The Morgan fingerprint density at radius 1 is 1.53 bits per heavy atom. The Kier molecular flexibility index (Phi) is 4.90. The molecule has 1 amide bonds. The monoisotopic (exact) mass is 309 g/mol. The molecule has 2 nitrogen and oxygen atoms in total. The summed E-state index contributed by atoms with van der Waals surface area (Å²) in [6.45, 7) is 2.12. The van der Waals surface area contributed by atoms with Gasteiger partial charge >= 0.3 is 0 Å². The molecule has 0 aliphatic rings. The van der Waals surface area contributed by atoms with Crippen LogP contribution in [0, 0.1) is 6.92 Å². The highest BCUT2D eigenvalue weighted by Gasteiger charge is 2.10. The van der Waals surface area contributed by atoms with Crippen molar-refractivity contribution < 1.29 is 4.79 Å². The quantitative estimate of drug-likeness (QED) is 0.853. The summed E-state index contributed by atoms with van der Waals surface area (Å²) in [6.07, 6.45) is 0. The van der Waals surface area contributed by atoms with Gasteiger partial charge in [0.15, 0.2) is 0 Å². The van der Waals surface area contributed by atoms with E-state index in [1.165, 1.54) is 0 Å². The van der Waals surface area contributed by atoms with Crippen molar-refractivity contribution in [3.05, 3.63) is 33.8 Å². The van der Waals surface area contributed by atoms with Crippen LogP contribution in [-0.2, 0) is 0 Å². The highest BCUT2D eigenvalue weighted by atomic mass is 79.9. The summed E-state index contributed by atoms with van der Waals surface area (Å²) in [5.41, 5.74) is 1.54. The Hall–Kier alpha value is -0.250. The topological polar surface area (TPSA) is 29.1 Å². The van der Waals surface area contributed by atoms with Crippen molar-refractivity contribution in [2.45, 2.75) is 11.8 Å². The van der Waals surface area contributed by atoms with E-state index < -0.39 is 4.84 Å². The minimum absolute atomic E-state index is 0.167. The number of carbonyl (C=O) groups excluding carboxylic acids is 1. The predicted octanol–water partition coefficient (Wildman–Crippen LogP) is 3.29. The SMILES string of the molecule is Cc1ccc(Br)cc1C(=O)NCC(Cl)Cl. The van der Waals surface area contributed by atoms with Crippen molar-refractivity contribution in [3.63, 3.8) is 0 Å². The molecular formula is C10H10BrCl2NO. The molecule has 82 valence electrons. The van der Waals surface area contributed by atoms with Crippen LogP contribution in [0.25, 0.3) is 0 Å². The summed E-state index contributed by atoms with van der Waals surface area (Å²) in [6, 6.07) is 5.53. The molecule has 5 heteroatoms. The summed E-state index contributed by atoms with van der Waals surface area (Å²) < 4.78 is 0.867. The number of benzene rings is 1. The van der Waals surface area contributed by atoms with Gasteiger partial charge in [0.2, 0.25) is 0 Å². The Morgan fingerprint density at radius 2 is 2.20 bits per heavy atom. The first kappa shape index (κ1) is 12.8. The van der Waals surface area contributed by atoms with Crippen LogP contribution in [0.15, 0.2) is 22.7 Å². The van der Waals surface area contributed by atoms with Crippen molar-refractivity contribution in [1.29, 1.82) is 0 Å². The fraction of sp³-hybridized carbons (Fsp3) is 0.300. The fourth-order valence-corrected chi connectivity index (χ4v) is 1.62. The third kappa shape index (κ3) is 4.01. The van der Waals surface area contributed by atoms with Crippen LogP contribution in [0.1, 0.15) is 15.9 Å². The number of halogens is 3. The molecule has 0 heterocycles. The molecule has 0 aliphatic heterocycles. The molecule has 0 unspecified atom stereocenters. The molecule has 0 fully saturated rings. The van der Waals surface area contributed by atoms with Crippen molar-refractivity contribution >= 4 is 45.0 Å². The summed E-state index contributed by atoms with van der Waals surface area (Å²) in [4.78, 5) is 11.1. The van der Waals surface area contributed by atoms with E-state index in [-0.39, 0.29) is 12.5 Å². The first-order valence-electron chi connectivity index (χ1n) is 4.33. The Balaban J connectivity index is 2.77. The molecule has 0 bridgehead atoms. The summed E-state index contributed by atoms with van der Waals surface area (Å²) in [5.74, 6) is -0.167. The van der Waals surface area contributed by atoms with Crippen molar-refractivity contribution in [2.75, 3.05) is 6.54 Å². The van der Waals surface area contributed by atoms with Crippen LogP contribution >= 0.6 is 39.1 Å². The highest BCUT2D eigenvalue weighted by Crippen LogP contribution is 2.16. The highest BCUT2D eigenvalue weighted by molar-refractivity contribution is 9.10. The summed E-state index contributed by atoms with van der Waals surface area (Å²) in [5, 5.41) is 2.64. The summed E-state index contributed by atoms with van der Waals surface area (Å²) >= 11 is 14.4. The van der Waals surface area contributed by atoms with Crippen molar-refractivity contribution in [3.8, 4) is 0 Å². The lowest BCUT2D eigenvalue weighted by molar-refractivity contribution is 0.0954. The molecule has 0 spiro atoms. The van der Waals surface area contributed by atoms with Crippen molar-refractivity contribution in [2.24, 2.45) is 0 Å². The lowest BCUT2D eigenvalue weighted by atomic mass is 10.1. The zero-order valence-electron chi connectivity index (χ0n) is 8.06. The van der Waals surface area contributed by atoms with Gasteiger partial charge in [-0.1, -0.05) is 22.0 Å². The fourth-order valence-electron chi connectivity index (χ4n) is 1.10. The van der Waals surface area contributed by atoms with Gasteiger partial charge in [0.25, 0.3) is 5.91 Å². The van der Waals surface area contributed by atoms with Crippen LogP contribution in [-0.4, -0.2) is 17.3 Å². The maximum atomic E-state index is 11.7. The maximum absolute atomic E-state index is 11.7. The van der Waals surface area contributed by atoms with E-state index in [0.717, 1.165) is 10.0 Å². The van der Waals surface area contributed by atoms with E-state index in [4.69, 9.17) is 23.2 Å². The third-order valence-electron chi connectivity index (χ3n) is 1.86. The third-order valence-corrected chi connectivity index (χ3v) is 2.66. The second-order valence-electron chi connectivity index (χ2n) is 3.06. The largest absolute Gasteiger partial charge is 0.349 e. The number of carbonyl (C=O) groups is 1. The van der Waals surface area contributed by atoms with Gasteiger partial charge in [0.1, 0.15) is 4.84 Å². The average Bonchev–Trinajstić information content (AvgIpc) is 2.18. The van der Waals surface area contributed by atoms with Gasteiger partial charge < -0.3 is 5.32 Å². The lowest BCUT2D eigenvalue weighted by Gasteiger charge is -2.08. The molecule has 0 aliphatic carbocycles. The number of hydrogen-bond acceptors (Lipinski definition) is 1. The van der Waals surface area contributed by atoms with Gasteiger partial charge in [-0.3, -0.25) is 4.79 Å². The number of amides is 1. The second kappa shape index (κ2) is 5.73. The Morgan fingerprint density at radius 3 is 2.80 bits per heavy atom. The number of rotatable bonds is 3. The molecule has 1 aromatic rings. The van der Waals surface area contributed by atoms with Gasteiger partial charge in [-0.15, -0.1) is 23.2 Å². The zero-order valence-corrected chi connectivity index (χ0v) is 11.2. The van der Waals surface area contributed by atoms with Gasteiger partial charge in [-0.05, 0) is 24.6 Å². The number of hydrogen-bond donors (Lipinski definition) is 1. The van der Waals surface area contributed by atoms with Crippen LogP contribution in [0.3, 0.4) is 0 Å². The molecule has 1 aromatic carbocycles. The Labute approximate surface area is 107 Å². The van der Waals surface area contributed by atoms with Crippen LogP contribution < -0.4 is 5.32 Å². The standard InChI is InChI=1S/C10H10BrCl2NO/c1-6-2-3-7(11)4-8(6)10(15)14-5-9(12)13/h2-4,9H,5H2,1H3,(H,14,15). The van der Waals surface area contributed by atoms with E-state index in [1.54, 1.807) is 6.07 Å². The molecule has 15 heavy (non-hydrogen) atoms. The van der Waals surface area contributed by atoms with Crippen LogP contribution in [0.4, 0.5) is 0 Å². The average molecular weight is 311 g/mol. The van der Waals surface area contributed by atoms with Crippen LogP contribution in [0.5, 0.6) is 0 Å². The van der Waals surface area contributed by atoms with Gasteiger partial charge in [-0.2, -0.15) is 0 Å². The molecular weight excluding hydrogens is 301 g/mol. The van der Waals surface area contributed by atoms with E-state index >= 15 is 0 Å². The molecule has 0 saturated heterocycles.